The van der Waals surface area contributed by atoms with Crippen LogP contribution in [0.25, 0.3) is 0 Å². The molecule has 0 unspecified atom stereocenters. The van der Waals surface area contributed by atoms with Crippen LogP contribution in [0.15, 0.2) is 38.6 Å². The normalized spacial score (nSPS) is 10.4. The Hall–Kier alpha value is -0.160. The standard InChI is InChI=1S/C11H5Br2ClOS/c12-7-3-4-16-11(7)10(15)6-1-2-9(14)8(13)5-6/h1-5H. The first kappa shape index (κ1) is 12.3. The number of hydrogen-bond donors (Lipinski definition) is 0. The SMILES string of the molecule is O=C(c1ccc(Cl)c(Br)c1)c1sccc1Br. The summed E-state index contributed by atoms with van der Waals surface area (Å²) < 4.78 is 1.56. The number of carbonyl (C=O) groups is 1. The molecular formula is C11H5Br2ClOS. The van der Waals surface area contributed by atoms with Crippen LogP contribution in [0.4, 0.5) is 0 Å². The van der Waals surface area contributed by atoms with Crippen LogP contribution in [0.2, 0.25) is 5.02 Å². The third-order valence-corrected chi connectivity index (χ3v) is 5.06. The molecule has 1 aromatic heterocycles. The number of ketones is 1. The van der Waals surface area contributed by atoms with Crippen LogP contribution in [0, 0.1) is 0 Å². The predicted molar refractivity (Wildman–Crippen MR) is 74.6 cm³/mol. The molecule has 0 spiro atoms. The molecule has 0 aliphatic heterocycles. The third-order valence-electron chi connectivity index (χ3n) is 2.01. The van der Waals surface area contributed by atoms with Crippen molar-refractivity contribution in [2.75, 3.05) is 0 Å². The van der Waals surface area contributed by atoms with Crippen molar-refractivity contribution >= 4 is 60.6 Å². The molecule has 0 atom stereocenters. The lowest BCUT2D eigenvalue weighted by atomic mass is 10.1. The van der Waals surface area contributed by atoms with E-state index in [9.17, 15) is 4.79 Å². The van der Waals surface area contributed by atoms with Gasteiger partial charge >= 0.3 is 0 Å². The van der Waals surface area contributed by atoms with Gasteiger partial charge in [-0.05, 0) is 61.5 Å². The lowest BCUT2D eigenvalue weighted by Crippen LogP contribution is -1.99. The first-order valence-corrected chi connectivity index (χ1v) is 7.16. The molecule has 16 heavy (non-hydrogen) atoms. The first-order chi connectivity index (χ1) is 7.59. The van der Waals surface area contributed by atoms with E-state index in [4.69, 9.17) is 11.6 Å². The van der Waals surface area contributed by atoms with Gasteiger partial charge in [0.05, 0.1) is 9.90 Å². The van der Waals surface area contributed by atoms with Gasteiger partial charge < -0.3 is 0 Å². The van der Waals surface area contributed by atoms with E-state index in [2.05, 4.69) is 31.9 Å². The van der Waals surface area contributed by atoms with Crippen molar-refractivity contribution in [3.63, 3.8) is 0 Å². The zero-order valence-electron chi connectivity index (χ0n) is 7.84. The smallest absolute Gasteiger partial charge is 0.204 e. The van der Waals surface area contributed by atoms with E-state index in [1.54, 1.807) is 18.2 Å². The number of hydrogen-bond acceptors (Lipinski definition) is 2. The summed E-state index contributed by atoms with van der Waals surface area (Å²) in [6.45, 7) is 0. The molecule has 1 aromatic carbocycles. The van der Waals surface area contributed by atoms with Gasteiger partial charge in [0.1, 0.15) is 0 Å². The van der Waals surface area contributed by atoms with E-state index in [0.29, 0.717) is 15.5 Å². The highest BCUT2D eigenvalue weighted by atomic mass is 79.9. The second kappa shape index (κ2) is 5.00. The van der Waals surface area contributed by atoms with Crippen LogP contribution in [-0.2, 0) is 0 Å². The summed E-state index contributed by atoms with van der Waals surface area (Å²) in [5.74, 6) is -0.000702. The van der Waals surface area contributed by atoms with Crippen molar-refractivity contribution in [2.45, 2.75) is 0 Å². The third kappa shape index (κ3) is 2.40. The maximum atomic E-state index is 12.1. The molecule has 1 heterocycles. The van der Waals surface area contributed by atoms with Crippen molar-refractivity contribution < 1.29 is 4.79 Å². The van der Waals surface area contributed by atoms with Crippen LogP contribution >= 0.6 is 54.8 Å². The molecule has 0 bridgehead atoms. The topological polar surface area (TPSA) is 17.1 Å². The first-order valence-electron chi connectivity index (χ1n) is 4.32. The monoisotopic (exact) mass is 378 g/mol. The summed E-state index contributed by atoms with van der Waals surface area (Å²) in [5, 5.41) is 2.48. The highest BCUT2D eigenvalue weighted by molar-refractivity contribution is 9.11. The van der Waals surface area contributed by atoms with E-state index >= 15 is 0 Å². The number of halogens is 3. The Morgan fingerprint density at radius 3 is 2.50 bits per heavy atom. The number of carbonyl (C=O) groups excluding carboxylic acids is 1. The Bertz CT molecular complexity index is 551. The van der Waals surface area contributed by atoms with E-state index < -0.39 is 0 Å². The Morgan fingerprint density at radius 1 is 1.19 bits per heavy atom. The molecule has 82 valence electrons. The molecule has 0 N–H and O–H groups in total. The Morgan fingerprint density at radius 2 is 1.94 bits per heavy atom. The van der Waals surface area contributed by atoms with Gasteiger partial charge in [-0.2, -0.15) is 0 Å². The zero-order valence-corrected chi connectivity index (χ0v) is 12.6. The highest BCUT2D eigenvalue weighted by Crippen LogP contribution is 2.28. The van der Waals surface area contributed by atoms with Crippen molar-refractivity contribution in [2.24, 2.45) is 0 Å². The minimum absolute atomic E-state index is 0.000702. The molecule has 0 saturated heterocycles. The maximum Gasteiger partial charge on any atom is 0.204 e. The summed E-state index contributed by atoms with van der Waals surface area (Å²) in [7, 11) is 0. The summed E-state index contributed by atoms with van der Waals surface area (Å²) in [4.78, 5) is 12.8. The highest BCUT2D eigenvalue weighted by Gasteiger charge is 2.14. The second-order valence-corrected chi connectivity index (χ2v) is 6.09. The van der Waals surface area contributed by atoms with Gasteiger partial charge in [0, 0.05) is 14.5 Å². The summed E-state index contributed by atoms with van der Waals surface area (Å²) in [5.41, 5.74) is 0.624. The van der Waals surface area contributed by atoms with Crippen molar-refractivity contribution in [3.8, 4) is 0 Å². The molecule has 0 fully saturated rings. The van der Waals surface area contributed by atoms with E-state index in [0.717, 1.165) is 8.95 Å². The van der Waals surface area contributed by atoms with Gasteiger partial charge in [0.15, 0.2) is 0 Å². The quantitative estimate of drug-likeness (QED) is 0.658. The summed E-state index contributed by atoms with van der Waals surface area (Å²) in [6, 6.07) is 7.03. The minimum Gasteiger partial charge on any atom is -0.288 e. The maximum absolute atomic E-state index is 12.1. The molecule has 2 rings (SSSR count). The number of benzene rings is 1. The minimum atomic E-state index is -0.000702. The van der Waals surface area contributed by atoms with Crippen LogP contribution in [-0.4, -0.2) is 5.78 Å². The largest absolute Gasteiger partial charge is 0.288 e. The van der Waals surface area contributed by atoms with E-state index in [1.165, 1.54) is 11.3 Å². The van der Waals surface area contributed by atoms with Crippen LogP contribution in [0.5, 0.6) is 0 Å². The summed E-state index contributed by atoms with van der Waals surface area (Å²) in [6.07, 6.45) is 0. The molecule has 0 saturated carbocycles. The van der Waals surface area contributed by atoms with Gasteiger partial charge in [-0.1, -0.05) is 11.6 Å². The molecule has 2 aromatic rings. The average Bonchev–Trinajstić information content (AvgIpc) is 2.67. The fourth-order valence-corrected chi connectivity index (χ4v) is 3.23. The van der Waals surface area contributed by atoms with Crippen molar-refractivity contribution in [1.82, 2.24) is 0 Å². The molecule has 5 heteroatoms. The van der Waals surface area contributed by atoms with E-state index in [1.807, 2.05) is 11.4 Å². The number of rotatable bonds is 2. The van der Waals surface area contributed by atoms with Gasteiger partial charge in [0.25, 0.3) is 0 Å². The lowest BCUT2D eigenvalue weighted by molar-refractivity contribution is 0.104. The fourth-order valence-electron chi connectivity index (χ4n) is 1.22. The van der Waals surface area contributed by atoms with Crippen molar-refractivity contribution in [1.29, 1.82) is 0 Å². The van der Waals surface area contributed by atoms with Gasteiger partial charge in [-0.3, -0.25) is 4.79 Å². The Kier molecular flexibility index (Phi) is 3.85. The Labute approximate surface area is 119 Å². The van der Waals surface area contributed by atoms with Crippen LogP contribution in [0.1, 0.15) is 15.2 Å². The van der Waals surface area contributed by atoms with Crippen LogP contribution in [0.3, 0.4) is 0 Å². The predicted octanol–water partition coefficient (Wildman–Crippen LogP) is 5.16. The molecular weight excluding hydrogens is 375 g/mol. The van der Waals surface area contributed by atoms with E-state index in [-0.39, 0.29) is 5.78 Å². The van der Waals surface area contributed by atoms with Gasteiger partial charge in [-0.25, -0.2) is 0 Å². The second-order valence-electron chi connectivity index (χ2n) is 3.06. The summed E-state index contributed by atoms with van der Waals surface area (Å²) >= 11 is 13.9. The molecule has 0 radical (unpaired) electrons. The fraction of sp³-hybridized carbons (Fsp3) is 0. The zero-order chi connectivity index (χ0) is 11.7. The molecule has 1 nitrogen and oxygen atoms in total. The number of thiophene rings is 1. The lowest BCUT2D eigenvalue weighted by Gasteiger charge is -2.01. The molecule has 0 aliphatic rings. The van der Waals surface area contributed by atoms with Gasteiger partial charge in [-0.15, -0.1) is 11.3 Å². The average molecular weight is 380 g/mol. The van der Waals surface area contributed by atoms with Crippen LogP contribution < -0.4 is 0 Å². The Balaban J connectivity index is 2.42. The van der Waals surface area contributed by atoms with Crippen molar-refractivity contribution in [3.05, 3.63) is 54.1 Å². The van der Waals surface area contributed by atoms with Gasteiger partial charge in [0.2, 0.25) is 5.78 Å². The molecule has 0 aliphatic carbocycles. The molecule has 0 amide bonds.